The van der Waals surface area contributed by atoms with E-state index in [4.69, 9.17) is 4.74 Å². The van der Waals surface area contributed by atoms with E-state index in [2.05, 4.69) is 32.1 Å². The quantitative estimate of drug-likeness (QED) is 0.636. The molecule has 0 atom stereocenters. The molecule has 3 aromatic rings. The zero-order valence-electron chi connectivity index (χ0n) is 18.1. The second kappa shape index (κ2) is 9.36. The first kappa shape index (κ1) is 20.5. The van der Waals surface area contributed by atoms with Crippen LogP contribution in [0.15, 0.2) is 66.7 Å². The summed E-state index contributed by atoms with van der Waals surface area (Å²) in [5, 5.41) is 8.84. The molecule has 164 valence electrons. The molecule has 2 aliphatic rings. The van der Waals surface area contributed by atoms with Crippen molar-refractivity contribution < 1.29 is 9.53 Å². The summed E-state index contributed by atoms with van der Waals surface area (Å²) in [5.74, 6) is 1.84. The van der Waals surface area contributed by atoms with E-state index in [0.29, 0.717) is 13.1 Å². The van der Waals surface area contributed by atoms with Crippen LogP contribution in [-0.2, 0) is 4.74 Å². The van der Waals surface area contributed by atoms with Gasteiger partial charge in [0, 0.05) is 44.8 Å². The summed E-state index contributed by atoms with van der Waals surface area (Å²) in [6.07, 6.45) is 0. The minimum Gasteiger partial charge on any atom is -0.378 e. The zero-order chi connectivity index (χ0) is 21.8. The first-order valence-corrected chi connectivity index (χ1v) is 11.1. The first-order chi connectivity index (χ1) is 15.8. The van der Waals surface area contributed by atoms with E-state index in [0.717, 1.165) is 67.7 Å². The van der Waals surface area contributed by atoms with Crippen LogP contribution in [0, 0.1) is 0 Å². The molecule has 2 aliphatic heterocycles. The summed E-state index contributed by atoms with van der Waals surface area (Å²) in [7, 11) is 0. The van der Waals surface area contributed by atoms with E-state index in [1.54, 1.807) is 0 Å². The van der Waals surface area contributed by atoms with Crippen molar-refractivity contribution in [3.63, 3.8) is 0 Å². The smallest absolute Gasteiger partial charge is 0.253 e. The number of morpholine rings is 1. The SMILES string of the molecule is O=C(c1ccc(-c2ccccc2)cc1)N1CCN(c2ccc(N3CCOCC3)nn2)CC1. The maximum atomic E-state index is 13.0. The van der Waals surface area contributed by atoms with Gasteiger partial charge in [0.1, 0.15) is 0 Å². The van der Waals surface area contributed by atoms with Crippen LogP contribution < -0.4 is 9.80 Å². The van der Waals surface area contributed by atoms with E-state index in [9.17, 15) is 4.79 Å². The maximum absolute atomic E-state index is 13.0. The Morgan fingerprint density at radius 3 is 1.81 bits per heavy atom. The number of piperazine rings is 1. The van der Waals surface area contributed by atoms with Crippen molar-refractivity contribution >= 4 is 17.5 Å². The Kier molecular flexibility index (Phi) is 5.98. The summed E-state index contributed by atoms with van der Waals surface area (Å²) in [6.45, 7) is 6.00. The molecule has 0 radical (unpaired) electrons. The molecule has 0 N–H and O–H groups in total. The number of aromatic nitrogens is 2. The van der Waals surface area contributed by atoms with Crippen LogP contribution in [0.4, 0.5) is 11.6 Å². The van der Waals surface area contributed by atoms with Gasteiger partial charge < -0.3 is 19.4 Å². The highest BCUT2D eigenvalue weighted by Crippen LogP contribution is 2.21. The largest absolute Gasteiger partial charge is 0.378 e. The standard InChI is InChI=1S/C25H27N5O2/c31-25(22-8-6-21(7-9-22)20-4-2-1-3-5-20)30-14-12-28(13-15-30)23-10-11-24(27-26-23)29-16-18-32-19-17-29/h1-11H,12-19H2. The van der Waals surface area contributed by atoms with Crippen molar-refractivity contribution in [1.29, 1.82) is 0 Å². The Morgan fingerprint density at radius 2 is 1.22 bits per heavy atom. The Hall–Kier alpha value is -3.45. The third-order valence-electron chi connectivity index (χ3n) is 6.10. The highest BCUT2D eigenvalue weighted by Gasteiger charge is 2.23. The summed E-state index contributed by atoms with van der Waals surface area (Å²) in [6, 6.07) is 22.1. The topological polar surface area (TPSA) is 61.8 Å². The molecule has 2 fully saturated rings. The van der Waals surface area contributed by atoms with Gasteiger partial charge in [-0.15, -0.1) is 10.2 Å². The molecule has 0 unspecified atom stereocenters. The van der Waals surface area contributed by atoms with Crippen molar-refractivity contribution in [1.82, 2.24) is 15.1 Å². The van der Waals surface area contributed by atoms with Gasteiger partial charge in [-0.25, -0.2) is 0 Å². The third kappa shape index (κ3) is 4.43. The van der Waals surface area contributed by atoms with Crippen molar-refractivity contribution in [2.75, 3.05) is 62.3 Å². The molecule has 7 heteroatoms. The summed E-state index contributed by atoms with van der Waals surface area (Å²) in [4.78, 5) is 19.3. The molecule has 0 saturated carbocycles. The molecular formula is C25H27N5O2. The Labute approximate surface area is 188 Å². The number of benzene rings is 2. The molecule has 5 rings (SSSR count). The molecule has 0 spiro atoms. The molecular weight excluding hydrogens is 402 g/mol. The average Bonchev–Trinajstić information content (AvgIpc) is 2.90. The molecule has 1 amide bonds. The minimum atomic E-state index is 0.0815. The van der Waals surface area contributed by atoms with Crippen LogP contribution in [0.25, 0.3) is 11.1 Å². The predicted octanol–water partition coefficient (Wildman–Crippen LogP) is 2.94. The highest BCUT2D eigenvalue weighted by molar-refractivity contribution is 5.95. The fraction of sp³-hybridized carbons (Fsp3) is 0.320. The molecule has 2 saturated heterocycles. The lowest BCUT2D eigenvalue weighted by atomic mass is 10.0. The number of amides is 1. The Morgan fingerprint density at radius 1 is 0.656 bits per heavy atom. The van der Waals surface area contributed by atoms with Crippen LogP contribution in [0.1, 0.15) is 10.4 Å². The second-order valence-electron chi connectivity index (χ2n) is 8.07. The lowest BCUT2D eigenvalue weighted by Crippen LogP contribution is -2.49. The van der Waals surface area contributed by atoms with Gasteiger partial charge in [0.05, 0.1) is 13.2 Å². The van der Waals surface area contributed by atoms with E-state index in [1.165, 1.54) is 0 Å². The fourth-order valence-corrected chi connectivity index (χ4v) is 4.21. The molecule has 3 heterocycles. The fourth-order valence-electron chi connectivity index (χ4n) is 4.21. The lowest BCUT2D eigenvalue weighted by Gasteiger charge is -2.35. The molecule has 7 nitrogen and oxygen atoms in total. The van der Waals surface area contributed by atoms with Gasteiger partial charge in [0.2, 0.25) is 0 Å². The first-order valence-electron chi connectivity index (χ1n) is 11.1. The highest BCUT2D eigenvalue weighted by atomic mass is 16.5. The molecule has 32 heavy (non-hydrogen) atoms. The van der Waals surface area contributed by atoms with Crippen molar-refractivity contribution in [3.8, 4) is 11.1 Å². The molecule has 0 bridgehead atoms. The third-order valence-corrected chi connectivity index (χ3v) is 6.10. The molecule has 2 aromatic carbocycles. The summed E-state index contributed by atoms with van der Waals surface area (Å²) in [5.41, 5.74) is 3.00. The summed E-state index contributed by atoms with van der Waals surface area (Å²) < 4.78 is 5.40. The van der Waals surface area contributed by atoms with E-state index >= 15 is 0 Å². The normalized spacial score (nSPS) is 16.8. The van der Waals surface area contributed by atoms with E-state index < -0.39 is 0 Å². The summed E-state index contributed by atoms with van der Waals surface area (Å²) >= 11 is 0. The van der Waals surface area contributed by atoms with Crippen LogP contribution in [0.3, 0.4) is 0 Å². The number of hydrogen-bond acceptors (Lipinski definition) is 6. The minimum absolute atomic E-state index is 0.0815. The molecule has 0 aliphatic carbocycles. The number of carbonyl (C=O) groups excluding carboxylic acids is 1. The monoisotopic (exact) mass is 429 g/mol. The maximum Gasteiger partial charge on any atom is 0.253 e. The van der Waals surface area contributed by atoms with Gasteiger partial charge in [-0.2, -0.15) is 0 Å². The van der Waals surface area contributed by atoms with Crippen molar-refractivity contribution in [2.45, 2.75) is 0 Å². The predicted molar refractivity (Wildman–Crippen MR) is 125 cm³/mol. The number of ether oxygens (including phenoxy) is 1. The lowest BCUT2D eigenvalue weighted by molar-refractivity contribution is 0.0746. The second-order valence-corrected chi connectivity index (χ2v) is 8.07. The van der Waals surface area contributed by atoms with Crippen LogP contribution >= 0.6 is 0 Å². The van der Waals surface area contributed by atoms with E-state index in [-0.39, 0.29) is 5.91 Å². The van der Waals surface area contributed by atoms with Gasteiger partial charge in [0.25, 0.3) is 5.91 Å². The Balaban J connectivity index is 1.18. The van der Waals surface area contributed by atoms with Gasteiger partial charge in [-0.1, -0.05) is 42.5 Å². The molecule has 1 aromatic heterocycles. The van der Waals surface area contributed by atoms with E-state index in [1.807, 2.05) is 59.5 Å². The van der Waals surface area contributed by atoms with Gasteiger partial charge in [-0.3, -0.25) is 4.79 Å². The van der Waals surface area contributed by atoms with Crippen LogP contribution in [-0.4, -0.2) is 73.5 Å². The zero-order valence-corrected chi connectivity index (χ0v) is 18.1. The van der Waals surface area contributed by atoms with Crippen molar-refractivity contribution in [3.05, 3.63) is 72.3 Å². The average molecular weight is 430 g/mol. The number of nitrogens with zero attached hydrogens (tertiary/aromatic N) is 5. The van der Waals surface area contributed by atoms with Gasteiger partial charge in [-0.05, 0) is 35.4 Å². The number of carbonyl (C=O) groups is 1. The van der Waals surface area contributed by atoms with Gasteiger partial charge in [0.15, 0.2) is 11.6 Å². The van der Waals surface area contributed by atoms with Crippen molar-refractivity contribution in [2.24, 2.45) is 0 Å². The number of hydrogen-bond donors (Lipinski definition) is 0. The number of rotatable bonds is 4. The Bertz CT molecular complexity index is 1030. The van der Waals surface area contributed by atoms with Crippen LogP contribution in [0.2, 0.25) is 0 Å². The van der Waals surface area contributed by atoms with Gasteiger partial charge >= 0.3 is 0 Å². The van der Waals surface area contributed by atoms with Crippen LogP contribution in [0.5, 0.6) is 0 Å². The number of anilines is 2.